The van der Waals surface area contributed by atoms with E-state index in [1.165, 1.54) is 6.42 Å². The molecule has 0 saturated carbocycles. The number of piperidine rings is 1. The monoisotopic (exact) mass is 220 g/mol. The normalized spacial score (nSPS) is 17.0. The van der Waals surface area contributed by atoms with Crippen molar-refractivity contribution in [2.45, 2.75) is 19.3 Å². The van der Waals surface area contributed by atoms with Crippen LogP contribution >= 0.6 is 0 Å². The van der Waals surface area contributed by atoms with Gasteiger partial charge >= 0.3 is 0 Å². The fourth-order valence-electron chi connectivity index (χ4n) is 1.85. The molecule has 0 unspecified atom stereocenters. The molecule has 4 nitrogen and oxygen atoms in total. The van der Waals surface area contributed by atoms with Crippen molar-refractivity contribution in [2.24, 2.45) is 5.73 Å². The Morgan fingerprint density at radius 1 is 1.19 bits per heavy atom. The summed E-state index contributed by atoms with van der Waals surface area (Å²) in [6.07, 6.45) is 3.52. The van der Waals surface area contributed by atoms with Gasteiger partial charge in [-0.15, -0.1) is 5.06 Å². The van der Waals surface area contributed by atoms with Gasteiger partial charge in [0, 0.05) is 13.1 Å². The van der Waals surface area contributed by atoms with Crippen LogP contribution in [-0.4, -0.2) is 24.1 Å². The van der Waals surface area contributed by atoms with Crippen LogP contribution in [0.15, 0.2) is 24.3 Å². The van der Waals surface area contributed by atoms with Gasteiger partial charge in [0.1, 0.15) is 0 Å². The van der Waals surface area contributed by atoms with Crippen LogP contribution in [0.4, 0.5) is 0 Å². The largest absolute Gasteiger partial charge is 0.405 e. The lowest BCUT2D eigenvalue weighted by Crippen LogP contribution is -2.33. The van der Waals surface area contributed by atoms with Crippen LogP contribution in [0.25, 0.3) is 0 Å². The highest BCUT2D eigenvalue weighted by Crippen LogP contribution is 2.20. The molecule has 1 aliphatic rings. The van der Waals surface area contributed by atoms with Gasteiger partial charge < -0.3 is 10.6 Å². The first kappa shape index (κ1) is 11.0. The third kappa shape index (κ3) is 2.52. The van der Waals surface area contributed by atoms with Crippen LogP contribution < -0.4 is 10.6 Å². The topological polar surface area (TPSA) is 55.6 Å². The SMILES string of the molecule is NC(=O)c1ccccc1ON1CCCCC1. The summed E-state index contributed by atoms with van der Waals surface area (Å²) in [7, 11) is 0. The van der Waals surface area contributed by atoms with Crippen molar-refractivity contribution in [1.29, 1.82) is 0 Å². The van der Waals surface area contributed by atoms with Crippen LogP contribution in [0.2, 0.25) is 0 Å². The molecule has 1 aliphatic heterocycles. The van der Waals surface area contributed by atoms with Crippen molar-refractivity contribution < 1.29 is 9.63 Å². The summed E-state index contributed by atoms with van der Waals surface area (Å²) in [6.45, 7) is 1.82. The second kappa shape index (κ2) is 4.99. The van der Waals surface area contributed by atoms with E-state index in [-0.39, 0.29) is 0 Å². The Balaban J connectivity index is 2.10. The molecular weight excluding hydrogens is 204 g/mol. The Hall–Kier alpha value is -1.55. The van der Waals surface area contributed by atoms with Gasteiger partial charge in [0.15, 0.2) is 5.75 Å². The van der Waals surface area contributed by atoms with Gasteiger partial charge in [-0.3, -0.25) is 4.79 Å². The molecule has 1 amide bonds. The van der Waals surface area contributed by atoms with E-state index in [4.69, 9.17) is 10.6 Å². The predicted molar refractivity (Wildman–Crippen MR) is 61.0 cm³/mol. The third-order valence-corrected chi connectivity index (χ3v) is 2.69. The van der Waals surface area contributed by atoms with Crippen molar-refractivity contribution >= 4 is 5.91 Å². The minimum absolute atomic E-state index is 0.438. The van der Waals surface area contributed by atoms with E-state index < -0.39 is 5.91 Å². The average Bonchev–Trinajstić information content (AvgIpc) is 2.31. The summed E-state index contributed by atoms with van der Waals surface area (Å²) in [6, 6.07) is 7.07. The van der Waals surface area contributed by atoms with Crippen LogP contribution in [0.1, 0.15) is 29.6 Å². The van der Waals surface area contributed by atoms with Gasteiger partial charge in [0.25, 0.3) is 5.91 Å². The second-order valence-corrected chi connectivity index (χ2v) is 3.94. The minimum atomic E-state index is -0.451. The molecule has 2 rings (SSSR count). The third-order valence-electron chi connectivity index (χ3n) is 2.69. The Bertz CT molecular complexity index is 373. The van der Waals surface area contributed by atoms with Gasteiger partial charge in [0.05, 0.1) is 5.56 Å². The molecule has 16 heavy (non-hydrogen) atoms. The molecule has 1 fully saturated rings. The summed E-state index contributed by atoms with van der Waals surface area (Å²) in [5, 5.41) is 1.89. The number of hydrogen-bond acceptors (Lipinski definition) is 3. The van der Waals surface area contributed by atoms with Gasteiger partial charge in [-0.2, -0.15) is 0 Å². The minimum Gasteiger partial charge on any atom is -0.405 e. The molecule has 0 atom stereocenters. The van der Waals surface area contributed by atoms with Crippen molar-refractivity contribution in [2.75, 3.05) is 13.1 Å². The first-order valence-electron chi connectivity index (χ1n) is 5.59. The quantitative estimate of drug-likeness (QED) is 0.841. The van der Waals surface area contributed by atoms with E-state index in [9.17, 15) is 4.79 Å². The first-order chi connectivity index (χ1) is 7.77. The fourth-order valence-corrected chi connectivity index (χ4v) is 1.85. The molecule has 0 aromatic heterocycles. The molecule has 86 valence electrons. The van der Waals surface area contributed by atoms with Crippen LogP contribution in [-0.2, 0) is 0 Å². The Morgan fingerprint density at radius 3 is 2.56 bits per heavy atom. The summed E-state index contributed by atoms with van der Waals surface area (Å²) in [4.78, 5) is 16.9. The molecule has 0 aliphatic carbocycles. The molecule has 1 aromatic rings. The maximum atomic E-state index is 11.2. The molecule has 4 heteroatoms. The molecule has 2 N–H and O–H groups in total. The zero-order chi connectivity index (χ0) is 11.4. The van der Waals surface area contributed by atoms with Crippen molar-refractivity contribution in [3.8, 4) is 5.75 Å². The van der Waals surface area contributed by atoms with E-state index in [2.05, 4.69) is 0 Å². The average molecular weight is 220 g/mol. The summed E-state index contributed by atoms with van der Waals surface area (Å²) in [5.74, 6) is 0.101. The first-order valence-corrected chi connectivity index (χ1v) is 5.59. The Kier molecular flexibility index (Phi) is 3.41. The van der Waals surface area contributed by atoms with E-state index in [0.29, 0.717) is 11.3 Å². The molecule has 0 radical (unpaired) electrons. The van der Waals surface area contributed by atoms with Crippen molar-refractivity contribution in [3.05, 3.63) is 29.8 Å². The number of hydroxylamine groups is 2. The molecule has 0 spiro atoms. The molecule has 1 aromatic carbocycles. The van der Waals surface area contributed by atoms with Gasteiger partial charge in [-0.25, -0.2) is 0 Å². The number of hydrogen-bond donors (Lipinski definition) is 1. The maximum Gasteiger partial charge on any atom is 0.252 e. The van der Waals surface area contributed by atoms with E-state index >= 15 is 0 Å². The number of para-hydroxylation sites is 1. The summed E-state index contributed by atoms with van der Waals surface area (Å²) in [5.41, 5.74) is 5.72. The lowest BCUT2D eigenvalue weighted by molar-refractivity contribution is -0.0723. The summed E-state index contributed by atoms with van der Waals surface area (Å²) < 4.78 is 0. The zero-order valence-corrected chi connectivity index (χ0v) is 9.19. The zero-order valence-electron chi connectivity index (χ0n) is 9.19. The van der Waals surface area contributed by atoms with E-state index in [1.54, 1.807) is 18.2 Å². The number of primary amides is 1. The Labute approximate surface area is 94.9 Å². The van der Waals surface area contributed by atoms with Gasteiger partial charge in [0.2, 0.25) is 0 Å². The van der Waals surface area contributed by atoms with Crippen LogP contribution in [0, 0.1) is 0 Å². The second-order valence-electron chi connectivity index (χ2n) is 3.94. The molecule has 0 bridgehead atoms. The van der Waals surface area contributed by atoms with Gasteiger partial charge in [-0.05, 0) is 25.0 Å². The number of nitrogens with zero attached hydrogens (tertiary/aromatic N) is 1. The molecule has 1 saturated heterocycles. The lowest BCUT2D eigenvalue weighted by Gasteiger charge is -2.26. The number of benzene rings is 1. The highest BCUT2D eigenvalue weighted by Gasteiger charge is 2.15. The molecular formula is C12H16N2O2. The number of rotatable bonds is 3. The smallest absolute Gasteiger partial charge is 0.252 e. The van der Waals surface area contributed by atoms with E-state index in [0.717, 1.165) is 25.9 Å². The number of carbonyl (C=O) groups excluding carboxylic acids is 1. The maximum absolute atomic E-state index is 11.2. The predicted octanol–water partition coefficient (Wildman–Crippen LogP) is 1.57. The van der Waals surface area contributed by atoms with Gasteiger partial charge in [-0.1, -0.05) is 18.6 Å². The summed E-state index contributed by atoms with van der Waals surface area (Å²) >= 11 is 0. The molecule has 1 heterocycles. The number of amides is 1. The fraction of sp³-hybridized carbons (Fsp3) is 0.417. The Morgan fingerprint density at radius 2 is 1.88 bits per heavy atom. The van der Waals surface area contributed by atoms with Crippen LogP contribution in [0.5, 0.6) is 5.75 Å². The van der Waals surface area contributed by atoms with Crippen LogP contribution in [0.3, 0.4) is 0 Å². The standard InChI is InChI=1S/C12H16N2O2/c13-12(15)10-6-2-3-7-11(10)16-14-8-4-1-5-9-14/h2-3,6-7H,1,4-5,8-9H2,(H2,13,15). The van der Waals surface area contributed by atoms with Crippen molar-refractivity contribution in [1.82, 2.24) is 5.06 Å². The lowest BCUT2D eigenvalue weighted by atomic mass is 10.2. The highest BCUT2D eigenvalue weighted by atomic mass is 16.7. The number of nitrogens with two attached hydrogens (primary N) is 1. The van der Waals surface area contributed by atoms with E-state index in [1.807, 2.05) is 11.1 Å². The highest BCUT2D eigenvalue weighted by molar-refractivity contribution is 5.95. The number of carbonyl (C=O) groups is 1. The van der Waals surface area contributed by atoms with Crippen molar-refractivity contribution in [3.63, 3.8) is 0 Å².